The number of aromatic nitrogens is 6. The van der Waals surface area contributed by atoms with Gasteiger partial charge in [-0.2, -0.15) is 32.1 Å². The van der Waals surface area contributed by atoms with E-state index in [4.69, 9.17) is 33.6 Å². The lowest BCUT2D eigenvalue weighted by molar-refractivity contribution is -0.154. The van der Waals surface area contributed by atoms with Crippen LogP contribution in [0.3, 0.4) is 0 Å². The number of hydrogen-bond acceptors (Lipinski definition) is 17. The van der Waals surface area contributed by atoms with E-state index in [1.165, 1.54) is 68.9 Å². The van der Waals surface area contributed by atoms with Gasteiger partial charge >= 0.3 is 25.2 Å². The summed E-state index contributed by atoms with van der Waals surface area (Å²) < 4.78 is 147. The second-order valence-electron chi connectivity index (χ2n) is 25.2. The average molecular weight is 1370 g/mol. The van der Waals surface area contributed by atoms with Gasteiger partial charge < -0.3 is 38.3 Å². The molecule has 0 bridgehead atoms. The smallest absolute Gasteiger partial charge is 0.387 e. The molecule has 0 aliphatic carbocycles. The number of methoxy groups -OCH3 is 2. The van der Waals surface area contributed by atoms with Gasteiger partial charge in [0.2, 0.25) is 31.8 Å². The molecular weight excluding hydrogens is 1290 g/mol. The number of alkyl halides is 4. The number of carbonyl (C=O) groups excluding carboxylic acids is 1. The fraction of sp³-hybridized carbons (Fsp3) is 0.382. The van der Waals surface area contributed by atoms with Gasteiger partial charge in [-0.1, -0.05) is 52.0 Å². The number of primary sulfonamides is 1. The predicted molar refractivity (Wildman–Crippen MR) is 350 cm³/mol. The van der Waals surface area contributed by atoms with Gasteiger partial charge in [0.05, 0.1) is 50.5 Å². The monoisotopic (exact) mass is 1370 g/mol. The minimum absolute atomic E-state index is 0.00269. The number of nitrogens with two attached hydrogens (primary N) is 1. The number of nitrogens with zero attached hydrogens (tertiary/aromatic N) is 7. The van der Waals surface area contributed by atoms with Gasteiger partial charge in [0.1, 0.15) is 51.6 Å². The molecule has 0 amide bonds. The third-order valence-electron chi connectivity index (χ3n) is 14.9. The molecule has 0 saturated heterocycles. The van der Waals surface area contributed by atoms with Gasteiger partial charge in [0, 0.05) is 50.0 Å². The summed E-state index contributed by atoms with van der Waals surface area (Å²) in [6.45, 7) is 14.1. The number of carboxylic acid groups (broad SMARTS) is 1. The molecule has 22 nitrogen and oxygen atoms in total. The molecule has 0 aliphatic rings. The molecule has 0 unspecified atom stereocenters. The molecule has 3 N–H and O–H groups in total. The number of hydrogen-bond donors (Lipinski definition) is 2. The molecular formula is C68H80F4N8O14S2. The lowest BCUT2D eigenvalue weighted by Gasteiger charge is -2.26. The Morgan fingerprint density at radius 1 is 0.583 bits per heavy atom. The van der Waals surface area contributed by atoms with E-state index >= 15 is 0 Å². The first kappa shape index (κ1) is 74.3. The molecule has 0 saturated carbocycles. The number of benzene rings is 4. The highest BCUT2D eigenvalue weighted by atomic mass is 32.2. The summed E-state index contributed by atoms with van der Waals surface area (Å²) in [5.74, 6) is -0.306. The van der Waals surface area contributed by atoms with Crippen molar-refractivity contribution in [2.75, 3.05) is 27.4 Å². The van der Waals surface area contributed by atoms with Crippen LogP contribution in [0.1, 0.15) is 121 Å². The van der Waals surface area contributed by atoms with Crippen LogP contribution in [0.2, 0.25) is 0 Å². The van der Waals surface area contributed by atoms with Crippen LogP contribution in [0.4, 0.5) is 17.6 Å². The first-order valence-electron chi connectivity index (χ1n) is 30.2. The summed E-state index contributed by atoms with van der Waals surface area (Å²) in [6.07, 6.45) is 7.76. The first-order chi connectivity index (χ1) is 44.9. The van der Waals surface area contributed by atoms with Crippen molar-refractivity contribution in [2.24, 2.45) is 5.14 Å². The van der Waals surface area contributed by atoms with Crippen LogP contribution in [-0.2, 0) is 71.4 Å². The number of carboxylic acids is 1. The molecule has 4 aromatic carbocycles. The van der Waals surface area contributed by atoms with E-state index in [0.717, 1.165) is 17.3 Å². The maximum Gasteiger partial charge on any atom is 0.387 e. The number of ether oxygens (including phenoxy) is 7. The molecule has 0 fully saturated rings. The summed E-state index contributed by atoms with van der Waals surface area (Å²) in [7, 11) is -4.85. The summed E-state index contributed by atoms with van der Waals surface area (Å²) in [6, 6.07) is 26.7. The van der Waals surface area contributed by atoms with Crippen molar-refractivity contribution in [2.45, 2.75) is 154 Å². The van der Waals surface area contributed by atoms with Crippen LogP contribution >= 0.6 is 0 Å². The van der Waals surface area contributed by atoms with Crippen LogP contribution < -0.4 is 33.6 Å². The molecule has 8 rings (SSSR count). The van der Waals surface area contributed by atoms with E-state index < -0.39 is 61.9 Å². The highest BCUT2D eigenvalue weighted by Gasteiger charge is 2.32. The zero-order chi connectivity index (χ0) is 70.7. The number of pyridine rings is 2. The van der Waals surface area contributed by atoms with Gasteiger partial charge in [0.15, 0.2) is 0 Å². The summed E-state index contributed by atoms with van der Waals surface area (Å²) >= 11 is 0. The Hall–Kier alpha value is -9.12. The highest BCUT2D eigenvalue weighted by molar-refractivity contribution is 7.89. The third kappa shape index (κ3) is 20.2. The minimum Gasteiger partial charge on any atom is -0.497 e. The molecule has 4 heterocycles. The van der Waals surface area contributed by atoms with E-state index in [2.05, 4.69) is 24.9 Å². The van der Waals surface area contributed by atoms with E-state index in [0.29, 0.717) is 56.0 Å². The van der Waals surface area contributed by atoms with Crippen molar-refractivity contribution >= 4 is 32.0 Å². The molecule has 96 heavy (non-hydrogen) atoms. The van der Waals surface area contributed by atoms with Crippen molar-refractivity contribution in [3.63, 3.8) is 0 Å². The topological polar surface area (TPSA) is 278 Å². The van der Waals surface area contributed by atoms with Gasteiger partial charge in [-0.25, -0.2) is 31.9 Å². The second kappa shape index (κ2) is 31.2. The van der Waals surface area contributed by atoms with Crippen molar-refractivity contribution in [3.05, 3.63) is 168 Å². The fourth-order valence-electron chi connectivity index (χ4n) is 10.0. The molecule has 4 aromatic heterocycles. The van der Waals surface area contributed by atoms with Crippen LogP contribution in [0.5, 0.6) is 34.8 Å². The summed E-state index contributed by atoms with van der Waals surface area (Å²) in [5, 5.41) is 23.2. The maximum absolute atomic E-state index is 14.3. The van der Waals surface area contributed by atoms with Crippen molar-refractivity contribution in [1.82, 2.24) is 33.8 Å². The van der Waals surface area contributed by atoms with Crippen LogP contribution in [0.25, 0.3) is 22.3 Å². The zero-order valence-electron chi connectivity index (χ0n) is 55.5. The Bertz CT molecular complexity index is 4170. The molecule has 8 aromatic rings. The molecule has 516 valence electrons. The van der Waals surface area contributed by atoms with Crippen LogP contribution in [0, 0.1) is 0 Å². The maximum atomic E-state index is 14.3. The second-order valence-corrected chi connectivity index (χ2v) is 28.7. The number of aliphatic carboxylic acids is 1. The lowest BCUT2D eigenvalue weighted by Crippen LogP contribution is -2.34. The van der Waals surface area contributed by atoms with Gasteiger partial charge in [-0.3, -0.25) is 19.0 Å². The van der Waals surface area contributed by atoms with E-state index in [9.17, 15) is 49.1 Å². The summed E-state index contributed by atoms with van der Waals surface area (Å²) in [4.78, 5) is 33.2. The molecule has 28 heteroatoms. The van der Waals surface area contributed by atoms with Gasteiger partial charge in [0.25, 0.3) is 0 Å². The quantitative estimate of drug-likeness (QED) is 0.0325. The largest absolute Gasteiger partial charge is 0.497 e. The Kier molecular flexibility index (Phi) is 24.1. The average Bonchev–Trinajstić information content (AvgIpc) is 1.41. The SMILES string of the molecule is CC(C)c1cc(OC(F)F)cc(-c2ccnc(OCC(C)(C)n3cc(S(N)(=O)=O)cn3)c2)c1CC(=O)O.COc1ccc(CN(Cc2ccc(OC)cc2)S(=O)(=O)c2cnn(C(C)(C)COc3cc(-c4cc(OC(F)F)cc(C(C)C)c4CC(=O)OC(C)(C)C)ccn3)c2)cc1. The Labute approximate surface area is 556 Å². The van der Waals surface area contributed by atoms with Crippen LogP contribution in [-0.4, -0.2) is 114 Å². The number of esters is 1. The van der Waals surface area contributed by atoms with Gasteiger partial charge in [-0.15, -0.1) is 0 Å². The van der Waals surface area contributed by atoms with Crippen molar-refractivity contribution in [1.29, 1.82) is 0 Å². The van der Waals surface area contributed by atoms with Gasteiger partial charge in [-0.05, 0) is 177 Å². The van der Waals surface area contributed by atoms with E-state index in [-0.39, 0.29) is 84.0 Å². The molecule has 0 atom stereocenters. The molecule has 0 radical (unpaired) electrons. The molecule has 0 spiro atoms. The number of carbonyl (C=O) groups is 2. The van der Waals surface area contributed by atoms with Crippen molar-refractivity contribution < 1.29 is 82.3 Å². The van der Waals surface area contributed by atoms with E-state index in [1.807, 2.05) is 65.8 Å². The minimum atomic E-state index is -4.07. The number of sulfonamides is 2. The Morgan fingerprint density at radius 2 is 0.990 bits per heavy atom. The van der Waals surface area contributed by atoms with Crippen molar-refractivity contribution in [3.8, 4) is 57.0 Å². The first-order valence-corrected chi connectivity index (χ1v) is 33.2. The summed E-state index contributed by atoms with van der Waals surface area (Å²) in [5.41, 5.74) is 3.36. The number of rotatable bonds is 29. The molecule has 0 aliphatic heterocycles. The van der Waals surface area contributed by atoms with Crippen LogP contribution in [0.15, 0.2) is 144 Å². The third-order valence-corrected chi connectivity index (χ3v) is 17.5. The predicted octanol–water partition coefficient (Wildman–Crippen LogP) is 12.5. The normalized spacial score (nSPS) is 12.2. The zero-order valence-corrected chi connectivity index (χ0v) is 57.2. The fourth-order valence-corrected chi connectivity index (χ4v) is 11.8. The Morgan fingerprint density at radius 3 is 1.35 bits per heavy atom. The lowest BCUT2D eigenvalue weighted by atomic mass is 9.88. The number of halogens is 4. The Balaban J connectivity index is 0.000000301. The highest BCUT2D eigenvalue weighted by Crippen LogP contribution is 2.39. The standard InChI is InChI=1S/C44H52F2N4O8S.C24H28F2N4O6S/c1-29(2)37-21-35(57-42(45)46)22-38(39(37)23-41(51)58-43(3,4)5)32-18-19-47-40(20-32)56-28-44(6,7)50-27-36(24-48-50)59(52,53)49(25-30-10-14-33(54-8)15-11-30)26-31-12-16-34(55-9)17-13-31;1-14(2)18-8-16(36-23(25)26)9-19(20(18)10-22(31)32)15-5-6-28-21(7-15)35-13-24(3,4)30-12-17(11-29-30)37(27,33)34/h10-22,24,27,29,42H,23,25-26,28H2,1-9H3;5-9,11-12,14,23H,10,13H2,1-4H3,(H,31,32)(H2,27,33,34). The van der Waals surface area contributed by atoms with E-state index in [1.54, 1.807) is 97.4 Å².